The number of hydrogen-bond donors (Lipinski definition) is 1. The van der Waals surface area contributed by atoms with E-state index >= 15 is 0 Å². The van der Waals surface area contributed by atoms with Crippen molar-refractivity contribution >= 4 is 17.5 Å². The molecule has 0 aliphatic carbocycles. The maximum atomic E-state index is 12.2. The van der Waals surface area contributed by atoms with Crippen molar-refractivity contribution in [3.05, 3.63) is 65.7 Å². The van der Waals surface area contributed by atoms with Gasteiger partial charge in [-0.15, -0.1) is 0 Å². The minimum atomic E-state index is -0.106. The van der Waals surface area contributed by atoms with E-state index in [0.29, 0.717) is 18.5 Å². The largest absolute Gasteiger partial charge is 0.348 e. The molecule has 0 unspecified atom stereocenters. The SMILES string of the molecule is O=C(NCc1ccccc1)c1ccc(N2CCCCC2=O)cc1. The number of piperidine rings is 1. The molecule has 0 spiro atoms. The molecular weight excluding hydrogens is 288 g/mol. The average Bonchev–Trinajstić information content (AvgIpc) is 2.61. The van der Waals surface area contributed by atoms with Crippen molar-refractivity contribution in [3.63, 3.8) is 0 Å². The molecule has 2 amide bonds. The number of rotatable bonds is 4. The number of amides is 2. The van der Waals surface area contributed by atoms with Crippen molar-refractivity contribution in [2.45, 2.75) is 25.8 Å². The number of benzene rings is 2. The number of hydrogen-bond acceptors (Lipinski definition) is 2. The molecule has 0 saturated carbocycles. The van der Waals surface area contributed by atoms with Gasteiger partial charge in [0.2, 0.25) is 5.91 Å². The Morgan fingerprint density at radius 2 is 1.74 bits per heavy atom. The molecule has 1 aliphatic rings. The number of nitrogens with zero attached hydrogens (tertiary/aromatic N) is 1. The van der Waals surface area contributed by atoms with Crippen LogP contribution in [0.5, 0.6) is 0 Å². The quantitative estimate of drug-likeness (QED) is 0.943. The second-order valence-electron chi connectivity index (χ2n) is 5.72. The van der Waals surface area contributed by atoms with E-state index in [9.17, 15) is 9.59 Å². The van der Waals surface area contributed by atoms with Crippen molar-refractivity contribution in [3.8, 4) is 0 Å². The molecule has 1 fully saturated rings. The molecule has 1 N–H and O–H groups in total. The maximum Gasteiger partial charge on any atom is 0.251 e. The topological polar surface area (TPSA) is 49.4 Å². The van der Waals surface area contributed by atoms with Gasteiger partial charge in [0.25, 0.3) is 5.91 Å². The molecule has 4 nitrogen and oxygen atoms in total. The molecule has 23 heavy (non-hydrogen) atoms. The van der Waals surface area contributed by atoms with E-state index < -0.39 is 0 Å². The highest BCUT2D eigenvalue weighted by molar-refractivity contribution is 5.96. The van der Waals surface area contributed by atoms with Crippen molar-refractivity contribution < 1.29 is 9.59 Å². The van der Waals surface area contributed by atoms with Gasteiger partial charge in [-0.25, -0.2) is 0 Å². The first kappa shape index (κ1) is 15.3. The Bertz CT molecular complexity index is 680. The molecule has 2 aromatic rings. The summed E-state index contributed by atoms with van der Waals surface area (Å²) in [7, 11) is 0. The fourth-order valence-electron chi connectivity index (χ4n) is 2.75. The Kier molecular flexibility index (Phi) is 4.71. The van der Waals surface area contributed by atoms with Gasteiger partial charge < -0.3 is 10.2 Å². The lowest BCUT2D eigenvalue weighted by atomic mass is 10.1. The van der Waals surface area contributed by atoms with Crippen molar-refractivity contribution in [1.82, 2.24) is 5.32 Å². The first-order valence-electron chi connectivity index (χ1n) is 7.96. The third kappa shape index (κ3) is 3.77. The van der Waals surface area contributed by atoms with Crippen molar-refractivity contribution in [2.75, 3.05) is 11.4 Å². The number of anilines is 1. The Balaban J connectivity index is 1.62. The summed E-state index contributed by atoms with van der Waals surface area (Å²) in [6, 6.07) is 17.1. The van der Waals surface area contributed by atoms with E-state index in [1.54, 1.807) is 17.0 Å². The standard InChI is InChI=1S/C19H20N2O2/c22-18-8-4-5-13-21(18)17-11-9-16(10-12-17)19(23)20-14-15-6-2-1-3-7-15/h1-3,6-7,9-12H,4-5,8,13-14H2,(H,20,23). The molecule has 1 saturated heterocycles. The van der Waals surface area contributed by atoms with Crippen LogP contribution in [0, 0.1) is 0 Å². The summed E-state index contributed by atoms with van der Waals surface area (Å²) < 4.78 is 0. The third-order valence-electron chi connectivity index (χ3n) is 4.06. The molecule has 3 rings (SSSR count). The Morgan fingerprint density at radius 1 is 1.00 bits per heavy atom. The van der Waals surface area contributed by atoms with Gasteiger partial charge in [-0.3, -0.25) is 9.59 Å². The Morgan fingerprint density at radius 3 is 2.43 bits per heavy atom. The normalized spacial score (nSPS) is 14.6. The molecule has 1 aliphatic heterocycles. The zero-order chi connectivity index (χ0) is 16.1. The number of nitrogens with one attached hydrogen (secondary N) is 1. The van der Waals surface area contributed by atoms with Crippen LogP contribution in [0.25, 0.3) is 0 Å². The molecule has 0 aromatic heterocycles. The highest BCUT2D eigenvalue weighted by Crippen LogP contribution is 2.21. The van der Waals surface area contributed by atoms with Crippen LogP contribution in [0.3, 0.4) is 0 Å². The maximum absolute atomic E-state index is 12.2. The molecule has 118 valence electrons. The van der Waals surface area contributed by atoms with Gasteiger partial charge in [0.05, 0.1) is 0 Å². The molecule has 0 radical (unpaired) electrons. The Hall–Kier alpha value is -2.62. The fourth-order valence-corrected chi connectivity index (χ4v) is 2.75. The third-order valence-corrected chi connectivity index (χ3v) is 4.06. The summed E-state index contributed by atoms with van der Waals surface area (Å²) in [4.78, 5) is 25.9. The molecule has 2 aromatic carbocycles. The summed E-state index contributed by atoms with van der Waals surface area (Å²) in [6.07, 6.45) is 2.61. The average molecular weight is 308 g/mol. The van der Waals surface area contributed by atoms with Crippen LogP contribution in [0.1, 0.15) is 35.2 Å². The monoisotopic (exact) mass is 308 g/mol. The van der Waals surface area contributed by atoms with E-state index in [4.69, 9.17) is 0 Å². The van der Waals surface area contributed by atoms with Crippen LogP contribution in [-0.4, -0.2) is 18.4 Å². The predicted octanol–water partition coefficient (Wildman–Crippen LogP) is 3.13. The minimum Gasteiger partial charge on any atom is -0.348 e. The summed E-state index contributed by atoms with van der Waals surface area (Å²) in [5.41, 5.74) is 2.54. The van der Waals surface area contributed by atoms with Gasteiger partial charge in [0.15, 0.2) is 0 Å². The molecule has 1 heterocycles. The lowest BCUT2D eigenvalue weighted by molar-refractivity contribution is -0.119. The van der Waals surface area contributed by atoms with E-state index in [1.165, 1.54) is 0 Å². The van der Waals surface area contributed by atoms with Crippen LogP contribution in [0.4, 0.5) is 5.69 Å². The van der Waals surface area contributed by atoms with Gasteiger partial charge in [0.1, 0.15) is 0 Å². The predicted molar refractivity (Wildman–Crippen MR) is 90.3 cm³/mol. The van der Waals surface area contributed by atoms with E-state index in [-0.39, 0.29) is 11.8 Å². The van der Waals surface area contributed by atoms with Gasteiger partial charge >= 0.3 is 0 Å². The van der Waals surface area contributed by atoms with Crippen LogP contribution >= 0.6 is 0 Å². The van der Waals surface area contributed by atoms with E-state index in [2.05, 4.69) is 5.32 Å². The smallest absolute Gasteiger partial charge is 0.251 e. The van der Waals surface area contributed by atoms with Gasteiger partial charge in [0, 0.05) is 30.8 Å². The van der Waals surface area contributed by atoms with Gasteiger partial charge in [-0.05, 0) is 42.7 Å². The first-order valence-corrected chi connectivity index (χ1v) is 7.96. The van der Waals surface area contributed by atoms with Crippen LogP contribution in [0.2, 0.25) is 0 Å². The zero-order valence-electron chi connectivity index (χ0n) is 13.0. The Labute approximate surface area is 136 Å². The molecule has 4 heteroatoms. The van der Waals surface area contributed by atoms with Crippen molar-refractivity contribution in [1.29, 1.82) is 0 Å². The second kappa shape index (κ2) is 7.09. The van der Waals surface area contributed by atoms with Crippen LogP contribution in [-0.2, 0) is 11.3 Å². The van der Waals surface area contributed by atoms with Crippen molar-refractivity contribution in [2.24, 2.45) is 0 Å². The summed E-state index contributed by atoms with van der Waals surface area (Å²) in [6.45, 7) is 1.27. The van der Waals surface area contributed by atoms with Crippen LogP contribution < -0.4 is 10.2 Å². The minimum absolute atomic E-state index is 0.106. The summed E-state index contributed by atoms with van der Waals surface area (Å²) in [5, 5.41) is 2.90. The highest BCUT2D eigenvalue weighted by atomic mass is 16.2. The van der Waals surface area contributed by atoms with Gasteiger partial charge in [-0.1, -0.05) is 30.3 Å². The lowest BCUT2D eigenvalue weighted by Gasteiger charge is -2.26. The molecular formula is C19H20N2O2. The number of carbonyl (C=O) groups excluding carboxylic acids is 2. The summed E-state index contributed by atoms with van der Waals surface area (Å²) in [5.74, 6) is 0.0582. The number of carbonyl (C=O) groups is 2. The van der Waals surface area contributed by atoms with E-state index in [0.717, 1.165) is 30.6 Å². The molecule has 0 atom stereocenters. The van der Waals surface area contributed by atoms with Gasteiger partial charge in [-0.2, -0.15) is 0 Å². The second-order valence-corrected chi connectivity index (χ2v) is 5.72. The zero-order valence-corrected chi connectivity index (χ0v) is 13.0. The lowest BCUT2D eigenvalue weighted by Crippen LogP contribution is -2.35. The molecule has 0 bridgehead atoms. The summed E-state index contributed by atoms with van der Waals surface area (Å²) >= 11 is 0. The first-order chi connectivity index (χ1) is 11.2. The van der Waals surface area contributed by atoms with E-state index in [1.807, 2.05) is 42.5 Å². The fraction of sp³-hybridized carbons (Fsp3) is 0.263. The van der Waals surface area contributed by atoms with Crippen LogP contribution in [0.15, 0.2) is 54.6 Å². The highest BCUT2D eigenvalue weighted by Gasteiger charge is 2.19.